The second-order valence-corrected chi connectivity index (χ2v) is 3.15. The van der Waals surface area contributed by atoms with Gasteiger partial charge in [-0.15, -0.1) is 0 Å². The maximum Gasteiger partial charge on any atom is 0.303 e. The number of nitrogens with two attached hydrogens (primary N) is 1. The SMILES string of the molecule is CCCCCCC(=O)O.COC(C)N. The number of hydrogen-bond acceptors (Lipinski definition) is 3. The van der Waals surface area contributed by atoms with Gasteiger partial charge in [-0.3, -0.25) is 4.79 Å². The van der Waals surface area contributed by atoms with Crippen molar-refractivity contribution in [3.8, 4) is 0 Å². The number of aliphatic carboxylic acids is 1. The highest BCUT2D eigenvalue weighted by Crippen LogP contribution is 2.01. The molecule has 4 heteroatoms. The van der Waals surface area contributed by atoms with Crippen molar-refractivity contribution in [1.29, 1.82) is 0 Å². The normalized spacial score (nSPS) is 11.4. The van der Waals surface area contributed by atoms with Crippen LogP contribution in [0.25, 0.3) is 0 Å². The van der Waals surface area contributed by atoms with E-state index < -0.39 is 5.97 Å². The summed E-state index contributed by atoms with van der Waals surface area (Å²) in [6.45, 7) is 3.89. The molecule has 1 atom stereocenters. The Morgan fingerprint density at radius 2 is 1.93 bits per heavy atom. The van der Waals surface area contributed by atoms with E-state index in [0.717, 1.165) is 19.3 Å². The zero-order valence-corrected chi connectivity index (χ0v) is 9.45. The third kappa shape index (κ3) is 22.5. The highest BCUT2D eigenvalue weighted by atomic mass is 16.5. The average Bonchev–Trinajstić information content (AvgIpc) is 2.13. The van der Waals surface area contributed by atoms with Crippen LogP contribution in [0, 0.1) is 0 Å². The molecule has 0 saturated carbocycles. The van der Waals surface area contributed by atoms with Crippen LogP contribution in [0.4, 0.5) is 0 Å². The number of ether oxygens (including phenoxy) is 1. The van der Waals surface area contributed by atoms with Crippen LogP contribution in [0.3, 0.4) is 0 Å². The van der Waals surface area contributed by atoms with Gasteiger partial charge in [0.25, 0.3) is 0 Å². The fourth-order valence-corrected chi connectivity index (χ4v) is 0.703. The van der Waals surface area contributed by atoms with E-state index in [9.17, 15) is 4.79 Å². The summed E-state index contributed by atoms with van der Waals surface area (Å²) < 4.78 is 4.53. The van der Waals surface area contributed by atoms with Gasteiger partial charge in [0.2, 0.25) is 0 Å². The van der Waals surface area contributed by atoms with Crippen molar-refractivity contribution in [1.82, 2.24) is 0 Å². The van der Waals surface area contributed by atoms with Crippen molar-refractivity contribution in [2.45, 2.75) is 52.2 Å². The summed E-state index contributed by atoms with van der Waals surface area (Å²) in [6.07, 6.45) is 4.44. The second kappa shape index (κ2) is 12.4. The maximum atomic E-state index is 9.96. The number of unbranched alkanes of at least 4 members (excludes halogenated alkanes) is 3. The minimum atomic E-state index is -0.675. The molecule has 0 radical (unpaired) electrons. The predicted octanol–water partition coefficient (Wildman–Crippen LogP) is 1.98. The Hall–Kier alpha value is -0.610. The number of hydrogen-bond donors (Lipinski definition) is 2. The predicted molar refractivity (Wildman–Crippen MR) is 57.1 cm³/mol. The van der Waals surface area contributed by atoms with E-state index in [4.69, 9.17) is 10.8 Å². The molecule has 1 unspecified atom stereocenters. The smallest absolute Gasteiger partial charge is 0.303 e. The van der Waals surface area contributed by atoms with Gasteiger partial charge in [-0.2, -0.15) is 0 Å². The van der Waals surface area contributed by atoms with Gasteiger partial charge in [0.1, 0.15) is 6.23 Å². The van der Waals surface area contributed by atoms with Gasteiger partial charge in [-0.1, -0.05) is 26.2 Å². The molecule has 4 nitrogen and oxygen atoms in total. The molecule has 0 aliphatic carbocycles. The Labute approximate surface area is 86.4 Å². The molecule has 0 rings (SSSR count). The van der Waals surface area contributed by atoms with Crippen LogP contribution in [0.5, 0.6) is 0 Å². The Morgan fingerprint density at radius 1 is 1.43 bits per heavy atom. The number of rotatable bonds is 6. The van der Waals surface area contributed by atoms with E-state index >= 15 is 0 Å². The van der Waals surface area contributed by atoms with Crippen molar-refractivity contribution in [2.24, 2.45) is 5.73 Å². The third-order valence-corrected chi connectivity index (χ3v) is 1.62. The molecule has 3 N–H and O–H groups in total. The average molecular weight is 205 g/mol. The number of carboxylic acid groups (broad SMARTS) is 1. The quantitative estimate of drug-likeness (QED) is 0.513. The van der Waals surface area contributed by atoms with Crippen molar-refractivity contribution < 1.29 is 14.6 Å². The number of carboxylic acids is 1. The van der Waals surface area contributed by atoms with Gasteiger partial charge in [-0.25, -0.2) is 0 Å². The van der Waals surface area contributed by atoms with Crippen LogP contribution in [0.15, 0.2) is 0 Å². The van der Waals surface area contributed by atoms with Crippen LogP contribution < -0.4 is 5.73 Å². The molecule has 0 fully saturated rings. The molecule has 0 heterocycles. The molecule has 0 amide bonds. The fourth-order valence-electron chi connectivity index (χ4n) is 0.703. The van der Waals surface area contributed by atoms with Crippen LogP contribution in [-0.2, 0) is 9.53 Å². The van der Waals surface area contributed by atoms with Gasteiger partial charge in [0, 0.05) is 13.5 Å². The first-order chi connectivity index (χ1) is 6.54. The molecule has 0 aromatic rings. The molecule has 0 aromatic heterocycles. The summed E-state index contributed by atoms with van der Waals surface area (Å²) in [5, 5.41) is 8.21. The van der Waals surface area contributed by atoms with Crippen LogP contribution in [-0.4, -0.2) is 24.4 Å². The third-order valence-electron chi connectivity index (χ3n) is 1.62. The fraction of sp³-hybridized carbons (Fsp3) is 0.900. The first-order valence-corrected chi connectivity index (χ1v) is 5.04. The van der Waals surface area contributed by atoms with Gasteiger partial charge in [-0.05, 0) is 13.3 Å². The molecular formula is C10H23NO3. The van der Waals surface area contributed by atoms with Crippen LogP contribution in [0.1, 0.15) is 46.0 Å². The molecule has 0 saturated heterocycles. The lowest BCUT2D eigenvalue weighted by Gasteiger charge is -1.95. The summed E-state index contributed by atoms with van der Waals surface area (Å²) in [5.41, 5.74) is 5.07. The largest absolute Gasteiger partial charge is 0.481 e. The van der Waals surface area contributed by atoms with Gasteiger partial charge >= 0.3 is 5.97 Å². The molecule has 0 aliphatic rings. The van der Waals surface area contributed by atoms with Gasteiger partial charge in [0.15, 0.2) is 0 Å². The van der Waals surface area contributed by atoms with Crippen molar-refractivity contribution in [3.05, 3.63) is 0 Å². The minimum absolute atomic E-state index is 0.116. The summed E-state index contributed by atoms with van der Waals surface area (Å²) in [4.78, 5) is 9.96. The highest BCUT2D eigenvalue weighted by Gasteiger charge is 1.93. The Balaban J connectivity index is 0. The van der Waals surface area contributed by atoms with Gasteiger partial charge in [0.05, 0.1) is 0 Å². The van der Waals surface area contributed by atoms with E-state index in [1.807, 2.05) is 0 Å². The standard InChI is InChI=1S/C7H14O2.C3H9NO/c1-2-3-4-5-6-7(8)9;1-3(4)5-2/h2-6H2,1H3,(H,8,9);3H,4H2,1-2H3. The van der Waals surface area contributed by atoms with E-state index in [2.05, 4.69) is 11.7 Å². The Bertz CT molecular complexity index is 127. The van der Waals surface area contributed by atoms with E-state index in [1.54, 1.807) is 14.0 Å². The summed E-state index contributed by atoms with van der Waals surface area (Å²) in [5.74, 6) is -0.675. The van der Waals surface area contributed by atoms with Crippen molar-refractivity contribution in [3.63, 3.8) is 0 Å². The summed E-state index contributed by atoms with van der Waals surface area (Å²) in [6, 6.07) is 0. The van der Waals surface area contributed by atoms with E-state index in [0.29, 0.717) is 6.42 Å². The lowest BCUT2D eigenvalue weighted by atomic mass is 10.2. The number of carbonyl (C=O) groups is 1. The lowest BCUT2D eigenvalue weighted by molar-refractivity contribution is -0.137. The lowest BCUT2D eigenvalue weighted by Crippen LogP contribution is -2.15. The molecule has 14 heavy (non-hydrogen) atoms. The Kier molecular flexibility index (Phi) is 14.0. The molecule has 86 valence electrons. The van der Waals surface area contributed by atoms with Crippen molar-refractivity contribution >= 4 is 5.97 Å². The van der Waals surface area contributed by atoms with Gasteiger partial charge < -0.3 is 15.6 Å². The van der Waals surface area contributed by atoms with Crippen molar-refractivity contribution in [2.75, 3.05) is 7.11 Å². The first kappa shape index (κ1) is 15.8. The van der Waals surface area contributed by atoms with E-state index in [-0.39, 0.29) is 6.23 Å². The zero-order valence-electron chi connectivity index (χ0n) is 9.45. The monoisotopic (exact) mass is 205 g/mol. The zero-order chi connectivity index (χ0) is 11.4. The highest BCUT2D eigenvalue weighted by molar-refractivity contribution is 5.66. The van der Waals surface area contributed by atoms with Crippen LogP contribution >= 0.6 is 0 Å². The Morgan fingerprint density at radius 3 is 2.21 bits per heavy atom. The molecular weight excluding hydrogens is 182 g/mol. The molecule has 0 aromatic carbocycles. The van der Waals surface area contributed by atoms with Crippen LogP contribution in [0.2, 0.25) is 0 Å². The molecule has 0 bridgehead atoms. The maximum absolute atomic E-state index is 9.96. The molecule has 0 aliphatic heterocycles. The first-order valence-electron chi connectivity index (χ1n) is 5.04. The second-order valence-electron chi connectivity index (χ2n) is 3.15. The minimum Gasteiger partial charge on any atom is -0.481 e. The molecule has 0 spiro atoms. The summed E-state index contributed by atoms with van der Waals surface area (Å²) >= 11 is 0. The topological polar surface area (TPSA) is 72.5 Å². The van der Waals surface area contributed by atoms with E-state index in [1.165, 1.54) is 6.42 Å². The number of methoxy groups -OCH3 is 1. The summed E-state index contributed by atoms with van der Waals surface area (Å²) in [7, 11) is 1.57.